The van der Waals surface area contributed by atoms with Crippen molar-refractivity contribution in [1.29, 1.82) is 0 Å². The first-order chi connectivity index (χ1) is 9.85. The predicted molar refractivity (Wildman–Crippen MR) is 82.3 cm³/mol. The number of nitrogens with zero attached hydrogens (tertiary/aromatic N) is 1. The molecule has 1 N–H and O–H groups in total. The van der Waals surface area contributed by atoms with E-state index in [2.05, 4.69) is 4.72 Å². The van der Waals surface area contributed by atoms with Gasteiger partial charge in [0.05, 0.1) is 23.7 Å². The largest absolute Gasteiger partial charge is 0.495 e. The SMILES string of the molecule is COc1ccc(NS(=O)(=O)C(C)C)cc1N1CCCC1=O. The summed E-state index contributed by atoms with van der Waals surface area (Å²) in [7, 11) is -1.89. The molecule has 0 atom stereocenters. The van der Waals surface area contributed by atoms with E-state index in [1.165, 1.54) is 7.11 Å². The molecular formula is C14H20N2O4S. The molecule has 1 heterocycles. The van der Waals surface area contributed by atoms with Gasteiger partial charge >= 0.3 is 0 Å². The molecular weight excluding hydrogens is 292 g/mol. The summed E-state index contributed by atoms with van der Waals surface area (Å²) in [5.74, 6) is 0.579. The fourth-order valence-corrected chi connectivity index (χ4v) is 2.84. The number of carbonyl (C=O) groups is 1. The van der Waals surface area contributed by atoms with E-state index in [0.29, 0.717) is 30.1 Å². The number of sulfonamides is 1. The summed E-state index contributed by atoms with van der Waals surface area (Å²) >= 11 is 0. The third-order valence-corrected chi connectivity index (χ3v) is 5.19. The maximum absolute atomic E-state index is 11.9. The summed E-state index contributed by atoms with van der Waals surface area (Å²) in [6.07, 6.45) is 1.30. The summed E-state index contributed by atoms with van der Waals surface area (Å²) in [5.41, 5.74) is 1.03. The van der Waals surface area contributed by atoms with Gasteiger partial charge in [0.25, 0.3) is 0 Å². The van der Waals surface area contributed by atoms with Crippen LogP contribution < -0.4 is 14.4 Å². The van der Waals surface area contributed by atoms with Crippen LogP contribution in [0.4, 0.5) is 11.4 Å². The Morgan fingerprint density at radius 1 is 1.33 bits per heavy atom. The molecule has 116 valence electrons. The molecule has 0 bridgehead atoms. The summed E-state index contributed by atoms with van der Waals surface area (Å²) in [6.45, 7) is 3.84. The number of hydrogen-bond donors (Lipinski definition) is 1. The maximum atomic E-state index is 11.9. The Morgan fingerprint density at radius 3 is 2.57 bits per heavy atom. The van der Waals surface area contributed by atoms with Gasteiger partial charge in [-0.3, -0.25) is 9.52 Å². The average molecular weight is 312 g/mol. The van der Waals surface area contributed by atoms with E-state index in [0.717, 1.165) is 6.42 Å². The van der Waals surface area contributed by atoms with E-state index in [9.17, 15) is 13.2 Å². The van der Waals surface area contributed by atoms with Crippen molar-refractivity contribution in [3.63, 3.8) is 0 Å². The van der Waals surface area contributed by atoms with Gasteiger partial charge in [-0.25, -0.2) is 8.42 Å². The lowest BCUT2D eigenvalue weighted by molar-refractivity contribution is -0.117. The number of carbonyl (C=O) groups excluding carboxylic acids is 1. The Balaban J connectivity index is 2.36. The van der Waals surface area contributed by atoms with Gasteiger partial charge in [-0.2, -0.15) is 0 Å². The van der Waals surface area contributed by atoms with Crippen molar-refractivity contribution in [2.45, 2.75) is 31.9 Å². The number of rotatable bonds is 5. The minimum Gasteiger partial charge on any atom is -0.495 e. The molecule has 0 saturated carbocycles. The van der Waals surface area contributed by atoms with Gasteiger partial charge in [-0.1, -0.05) is 0 Å². The monoisotopic (exact) mass is 312 g/mol. The topological polar surface area (TPSA) is 75.7 Å². The van der Waals surface area contributed by atoms with Crippen LogP contribution in [0.2, 0.25) is 0 Å². The van der Waals surface area contributed by atoms with Crippen LogP contribution >= 0.6 is 0 Å². The minimum absolute atomic E-state index is 0.0252. The van der Waals surface area contributed by atoms with Gasteiger partial charge < -0.3 is 9.64 Å². The molecule has 1 aliphatic heterocycles. The zero-order valence-corrected chi connectivity index (χ0v) is 13.2. The molecule has 0 spiro atoms. The summed E-state index contributed by atoms with van der Waals surface area (Å²) < 4.78 is 31.7. The van der Waals surface area contributed by atoms with Crippen LogP contribution in [-0.2, 0) is 14.8 Å². The molecule has 0 aromatic heterocycles. The zero-order chi connectivity index (χ0) is 15.6. The molecule has 1 saturated heterocycles. The minimum atomic E-state index is -3.42. The molecule has 0 aliphatic carbocycles. The summed E-state index contributed by atoms with van der Waals surface area (Å²) in [5, 5.41) is -0.531. The third-order valence-electron chi connectivity index (χ3n) is 3.42. The zero-order valence-electron chi connectivity index (χ0n) is 12.4. The van der Waals surface area contributed by atoms with Crippen LogP contribution in [0.5, 0.6) is 5.75 Å². The van der Waals surface area contributed by atoms with Crippen molar-refractivity contribution in [3.8, 4) is 5.75 Å². The molecule has 0 radical (unpaired) electrons. The molecule has 7 heteroatoms. The quantitative estimate of drug-likeness (QED) is 0.902. The van der Waals surface area contributed by atoms with Crippen LogP contribution in [0.1, 0.15) is 26.7 Å². The number of nitrogens with one attached hydrogen (secondary N) is 1. The number of ether oxygens (including phenoxy) is 1. The molecule has 2 rings (SSSR count). The van der Waals surface area contributed by atoms with Crippen LogP contribution in [0.3, 0.4) is 0 Å². The Labute approximate surface area is 125 Å². The normalized spacial score (nSPS) is 15.6. The first-order valence-electron chi connectivity index (χ1n) is 6.85. The Morgan fingerprint density at radius 2 is 2.05 bits per heavy atom. The molecule has 1 aromatic rings. The lowest BCUT2D eigenvalue weighted by atomic mass is 10.2. The van der Waals surface area contributed by atoms with Gasteiger partial charge in [-0.15, -0.1) is 0 Å². The molecule has 21 heavy (non-hydrogen) atoms. The van der Waals surface area contributed by atoms with Crippen LogP contribution in [0, 0.1) is 0 Å². The van der Waals surface area contributed by atoms with Gasteiger partial charge in [0.2, 0.25) is 15.9 Å². The Bertz CT molecular complexity index is 640. The fraction of sp³-hybridized carbons (Fsp3) is 0.500. The standard InChI is InChI=1S/C14H20N2O4S/c1-10(2)21(18,19)15-11-6-7-13(20-3)12(9-11)16-8-4-5-14(16)17/h6-7,9-10,15H,4-5,8H2,1-3H3. The van der Waals surface area contributed by atoms with Gasteiger partial charge in [0, 0.05) is 13.0 Å². The van der Waals surface area contributed by atoms with E-state index in [-0.39, 0.29) is 5.91 Å². The summed E-state index contributed by atoms with van der Waals surface area (Å²) in [6, 6.07) is 4.93. The first kappa shape index (κ1) is 15.6. The lowest BCUT2D eigenvalue weighted by Gasteiger charge is -2.20. The second-order valence-corrected chi connectivity index (χ2v) is 7.47. The van der Waals surface area contributed by atoms with Gasteiger partial charge in [-0.05, 0) is 38.5 Å². The fourth-order valence-electron chi connectivity index (χ4n) is 2.15. The molecule has 1 aliphatic rings. The van der Waals surface area contributed by atoms with Crippen molar-refractivity contribution in [3.05, 3.63) is 18.2 Å². The molecule has 0 unspecified atom stereocenters. The number of amides is 1. The van der Waals surface area contributed by atoms with E-state index in [1.807, 2.05) is 0 Å². The molecule has 6 nitrogen and oxygen atoms in total. The molecule has 1 fully saturated rings. The molecule has 1 amide bonds. The van der Waals surface area contributed by atoms with Crippen molar-refractivity contribution in [2.75, 3.05) is 23.3 Å². The van der Waals surface area contributed by atoms with E-state index in [1.54, 1.807) is 36.9 Å². The highest BCUT2D eigenvalue weighted by molar-refractivity contribution is 7.93. The number of benzene rings is 1. The van der Waals surface area contributed by atoms with Crippen molar-refractivity contribution in [1.82, 2.24) is 0 Å². The molecule has 1 aromatic carbocycles. The van der Waals surface area contributed by atoms with Gasteiger partial charge in [0.15, 0.2) is 0 Å². The Kier molecular flexibility index (Phi) is 4.41. The van der Waals surface area contributed by atoms with Crippen molar-refractivity contribution >= 4 is 27.3 Å². The highest BCUT2D eigenvalue weighted by Gasteiger charge is 2.25. The van der Waals surface area contributed by atoms with E-state index < -0.39 is 15.3 Å². The third kappa shape index (κ3) is 3.29. The number of hydrogen-bond acceptors (Lipinski definition) is 4. The Hall–Kier alpha value is -1.76. The van der Waals surface area contributed by atoms with E-state index >= 15 is 0 Å². The predicted octanol–water partition coefficient (Wildman–Crippen LogP) is 1.97. The highest BCUT2D eigenvalue weighted by atomic mass is 32.2. The number of anilines is 2. The second-order valence-electron chi connectivity index (χ2n) is 5.23. The van der Waals surface area contributed by atoms with Crippen molar-refractivity contribution in [2.24, 2.45) is 0 Å². The van der Waals surface area contributed by atoms with Gasteiger partial charge in [0.1, 0.15) is 5.75 Å². The smallest absolute Gasteiger partial charge is 0.235 e. The van der Waals surface area contributed by atoms with Crippen LogP contribution in [0.25, 0.3) is 0 Å². The second kappa shape index (κ2) is 5.93. The highest BCUT2D eigenvalue weighted by Crippen LogP contribution is 2.34. The van der Waals surface area contributed by atoms with Crippen LogP contribution in [-0.4, -0.2) is 33.2 Å². The lowest BCUT2D eigenvalue weighted by Crippen LogP contribution is -2.25. The average Bonchev–Trinajstić information content (AvgIpc) is 2.84. The first-order valence-corrected chi connectivity index (χ1v) is 8.40. The van der Waals surface area contributed by atoms with E-state index in [4.69, 9.17) is 4.74 Å². The number of methoxy groups -OCH3 is 1. The maximum Gasteiger partial charge on any atom is 0.235 e. The summed E-state index contributed by atoms with van der Waals surface area (Å²) in [4.78, 5) is 13.5. The van der Waals surface area contributed by atoms with Crippen LogP contribution in [0.15, 0.2) is 18.2 Å². The van der Waals surface area contributed by atoms with Crippen molar-refractivity contribution < 1.29 is 17.9 Å².